The number of likely N-dealkylation sites (N-methyl/N-ethyl adjacent to an activating group) is 1. The van der Waals surface area contributed by atoms with Gasteiger partial charge in [-0.2, -0.15) is 0 Å². The number of amides is 3. The summed E-state index contributed by atoms with van der Waals surface area (Å²) in [5, 5.41) is 5.91. The largest absolute Gasteiger partial charge is 0.359 e. The van der Waals surface area contributed by atoms with E-state index in [1.54, 1.807) is 15.9 Å². The molecule has 0 aliphatic carbocycles. The molecular weight excluding hydrogens is 370 g/mol. The fourth-order valence-electron chi connectivity index (χ4n) is 3.69. The zero-order valence-corrected chi connectivity index (χ0v) is 16.2. The molecule has 3 heterocycles. The average Bonchev–Trinajstić information content (AvgIpc) is 3.09. The van der Waals surface area contributed by atoms with Crippen LogP contribution in [0.1, 0.15) is 29.3 Å². The monoisotopic (exact) mass is 393 g/mol. The van der Waals surface area contributed by atoms with E-state index < -0.39 is 0 Å². The minimum atomic E-state index is -0.297. The molecule has 1 fully saturated rings. The van der Waals surface area contributed by atoms with Gasteiger partial charge in [0.2, 0.25) is 11.8 Å². The molecule has 0 radical (unpaired) electrons. The third kappa shape index (κ3) is 3.91. The standard InChI is InChI=1S/C21H23N5O3/c1-2-25-13-16(9-18(25)27)24-21(29)15-8-17-20(22-10-15)23-11-19(28)26(17)12-14-6-4-3-5-7-14/h3-8,10,16H,2,9,11-13H2,1H3,(H,22,23)(H,24,29). The normalized spacial score (nSPS) is 18.4. The molecule has 2 aliphatic rings. The second kappa shape index (κ2) is 7.90. The Morgan fingerprint density at radius 3 is 2.76 bits per heavy atom. The number of nitrogens with one attached hydrogen (secondary N) is 2. The van der Waals surface area contributed by atoms with Crippen molar-refractivity contribution in [3.63, 3.8) is 0 Å². The second-order valence-electron chi connectivity index (χ2n) is 7.22. The molecule has 29 heavy (non-hydrogen) atoms. The van der Waals surface area contributed by atoms with Crippen LogP contribution >= 0.6 is 0 Å². The van der Waals surface area contributed by atoms with E-state index >= 15 is 0 Å². The van der Waals surface area contributed by atoms with Gasteiger partial charge in [0.25, 0.3) is 5.91 Å². The summed E-state index contributed by atoms with van der Waals surface area (Å²) in [6.45, 7) is 3.63. The Bertz CT molecular complexity index is 947. The maximum Gasteiger partial charge on any atom is 0.253 e. The van der Waals surface area contributed by atoms with E-state index in [9.17, 15) is 14.4 Å². The molecule has 3 amide bonds. The van der Waals surface area contributed by atoms with Crippen molar-refractivity contribution in [3.05, 3.63) is 53.7 Å². The third-order valence-electron chi connectivity index (χ3n) is 5.24. The number of aromatic nitrogens is 1. The Labute approximate surface area is 168 Å². The van der Waals surface area contributed by atoms with Gasteiger partial charge in [-0.15, -0.1) is 0 Å². The molecule has 150 valence electrons. The summed E-state index contributed by atoms with van der Waals surface area (Å²) < 4.78 is 0. The predicted molar refractivity (Wildman–Crippen MR) is 108 cm³/mol. The minimum Gasteiger partial charge on any atom is -0.359 e. The number of nitrogens with zero attached hydrogens (tertiary/aromatic N) is 3. The molecule has 1 unspecified atom stereocenters. The van der Waals surface area contributed by atoms with Crippen LogP contribution in [0.25, 0.3) is 0 Å². The van der Waals surface area contributed by atoms with Crippen LogP contribution in [-0.4, -0.2) is 53.3 Å². The van der Waals surface area contributed by atoms with Crippen LogP contribution in [0.3, 0.4) is 0 Å². The van der Waals surface area contributed by atoms with E-state index in [0.717, 1.165) is 5.56 Å². The van der Waals surface area contributed by atoms with Crippen molar-refractivity contribution in [1.82, 2.24) is 15.2 Å². The summed E-state index contributed by atoms with van der Waals surface area (Å²) in [6.07, 6.45) is 1.80. The lowest BCUT2D eigenvalue weighted by atomic mass is 10.1. The van der Waals surface area contributed by atoms with Gasteiger partial charge in [0.1, 0.15) is 0 Å². The Balaban J connectivity index is 1.54. The Morgan fingerprint density at radius 2 is 2.03 bits per heavy atom. The molecule has 2 aromatic rings. The smallest absolute Gasteiger partial charge is 0.253 e. The van der Waals surface area contributed by atoms with Crippen molar-refractivity contribution in [2.45, 2.75) is 25.9 Å². The molecule has 0 saturated carbocycles. The molecule has 8 nitrogen and oxygen atoms in total. The highest BCUT2D eigenvalue weighted by Gasteiger charge is 2.31. The van der Waals surface area contributed by atoms with Crippen molar-refractivity contribution in [2.75, 3.05) is 29.9 Å². The Morgan fingerprint density at radius 1 is 1.24 bits per heavy atom. The summed E-state index contributed by atoms with van der Waals surface area (Å²) in [5.41, 5.74) is 1.93. The van der Waals surface area contributed by atoms with Crippen molar-refractivity contribution < 1.29 is 14.4 Å². The van der Waals surface area contributed by atoms with Gasteiger partial charge in [-0.3, -0.25) is 14.4 Å². The minimum absolute atomic E-state index is 0.0465. The summed E-state index contributed by atoms with van der Waals surface area (Å²) >= 11 is 0. The average molecular weight is 393 g/mol. The van der Waals surface area contributed by atoms with Crippen molar-refractivity contribution in [2.24, 2.45) is 0 Å². The van der Waals surface area contributed by atoms with E-state index in [4.69, 9.17) is 0 Å². The number of anilines is 2. The van der Waals surface area contributed by atoms with Crippen molar-refractivity contribution >= 4 is 29.2 Å². The summed E-state index contributed by atoms with van der Waals surface area (Å²) in [7, 11) is 0. The molecule has 8 heteroatoms. The van der Waals surface area contributed by atoms with E-state index in [-0.39, 0.29) is 30.3 Å². The van der Waals surface area contributed by atoms with Gasteiger partial charge in [0.15, 0.2) is 5.82 Å². The molecule has 1 atom stereocenters. The highest BCUT2D eigenvalue weighted by atomic mass is 16.2. The van der Waals surface area contributed by atoms with Gasteiger partial charge in [-0.25, -0.2) is 4.98 Å². The molecule has 1 saturated heterocycles. The zero-order chi connectivity index (χ0) is 20.4. The number of pyridine rings is 1. The van der Waals surface area contributed by atoms with Gasteiger partial charge >= 0.3 is 0 Å². The van der Waals surface area contributed by atoms with E-state index in [1.165, 1.54) is 6.20 Å². The van der Waals surface area contributed by atoms with Crippen LogP contribution in [0.2, 0.25) is 0 Å². The van der Waals surface area contributed by atoms with Crippen LogP contribution in [0.5, 0.6) is 0 Å². The number of fused-ring (bicyclic) bond motifs is 1. The lowest BCUT2D eigenvalue weighted by molar-refractivity contribution is -0.127. The molecule has 0 bridgehead atoms. The quantitative estimate of drug-likeness (QED) is 0.801. The zero-order valence-electron chi connectivity index (χ0n) is 16.2. The first-order valence-corrected chi connectivity index (χ1v) is 9.72. The van der Waals surface area contributed by atoms with Gasteiger partial charge in [-0.1, -0.05) is 30.3 Å². The summed E-state index contributed by atoms with van der Waals surface area (Å²) in [5.74, 6) is 0.241. The van der Waals surface area contributed by atoms with E-state index in [1.807, 2.05) is 37.3 Å². The fraction of sp³-hybridized carbons (Fsp3) is 0.333. The first-order valence-electron chi connectivity index (χ1n) is 9.72. The second-order valence-corrected chi connectivity index (χ2v) is 7.22. The van der Waals surface area contributed by atoms with Crippen LogP contribution in [-0.2, 0) is 16.1 Å². The summed E-state index contributed by atoms with van der Waals surface area (Å²) in [6, 6.07) is 11.1. The van der Waals surface area contributed by atoms with Gasteiger partial charge in [-0.05, 0) is 18.6 Å². The maximum absolute atomic E-state index is 12.7. The Kier molecular flexibility index (Phi) is 5.16. The molecular formula is C21H23N5O3. The van der Waals surface area contributed by atoms with Crippen molar-refractivity contribution in [3.8, 4) is 0 Å². The highest BCUT2D eigenvalue weighted by molar-refractivity contribution is 6.04. The maximum atomic E-state index is 12.7. The van der Waals surface area contributed by atoms with Crippen molar-refractivity contribution in [1.29, 1.82) is 0 Å². The highest BCUT2D eigenvalue weighted by Crippen LogP contribution is 2.30. The number of likely N-dealkylation sites (tertiary alicyclic amines) is 1. The van der Waals surface area contributed by atoms with Crippen LogP contribution < -0.4 is 15.5 Å². The lowest BCUT2D eigenvalue weighted by Crippen LogP contribution is -2.40. The molecule has 2 aliphatic heterocycles. The van der Waals surface area contributed by atoms with E-state index in [2.05, 4.69) is 15.6 Å². The number of benzene rings is 1. The topological polar surface area (TPSA) is 94.6 Å². The number of carbonyl (C=O) groups is 3. The van der Waals surface area contributed by atoms with Gasteiger partial charge < -0.3 is 20.4 Å². The predicted octanol–water partition coefficient (Wildman–Crippen LogP) is 1.39. The molecule has 1 aromatic carbocycles. The molecule has 0 spiro atoms. The molecule has 2 N–H and O–H groups in total. The first kappa shape index (κ1) is 18.9. The molecule has 4 rings (SSSR count). The van der Waals surface area contributed by atoms with Crippen LogP contribution in [0, 0.1) is 0 Å². The number of rotatable bonds is 5. The fourth-order valence-corrected chi connectivity index (χ4v) is 3.69. The van der Waals surface area contributed by atoms with Crippen LogP contribution in [0.4, 0.5) is 11.5 Å². The third-order valence-corrected chi connectivity index (χ3v) is 5.24. The van der Waals surface area contributed by atoms with Gasteiger partial charge in [0.05, 0.1) is 30.4 Å². The number of hydrogen-bond donors (Lipinski definition) is 2. The first-order chi connectivity index (χ1) is 14.0. The lowest BCUT2D eigenvalue weighted by Gasteiger charge is -2.30. The van der Waals surface area contributed by atoms with E-state index in [0.29, 0.717) is 43.1 Å². The van der Waals surface area contributed by atoms with Gasteiger partial charge in [0, 0.05) is 25.7 Å². The van der Waals surface area contributed by atoms with Crippen LogP contribution in [0.15, 0.2) is 42.6 Å². The Hall–Kier alpha value is -3.42. The summed E-state index contributed by atoms with van der Waals surface area (Å²) in [4.78, 5) is 44.8. The molecule has 1 aromatic heterocycles. The number of hydrogen-bond acceptors (Lipinski definition) is 5. The SMILES string of the molecule is CCN1CC(NC(=O)c2cnc3c(c2)N(Cc2ccccc2)C(=O)CN3)CC1=O. The number of carbonyl (C=O) groups excluding carboxylic acids is 3.